The van der Waals surface area contributed by atoms with E-state index in [2.05, 4.69) is 19.2 Å². The summed E-state index contributed by atoms with van der Waals surface area (Å²) in [4.78, 5) is 24.3. The summed E-state index contributed by atoms with van der Waals surface area (Å²) in [5.41, 5.74) is 0. The molecule has 98 valence electrons. The van der Waals surface area contributed by atoms with E-state index in [4.69, 9.17) is 5.11 Å². The Kier molecular flexibility index (Phi) is 5.11. The molecule has 1 aliphatic rings. The summed E-state index contributed by atoms with van der Waals surface area (Å²) in [6, 6.07) is -0.896. The molecule has 2 amide bonds. The van der Waals surface area contributed by atoms with Crippen molar-refractivity contribution in [1.82, 2.24) is 10.2 Å². The fraction of sp³-hybridized carbons (Fsp3) is 0.818. The average Bonchev–Trinajstić information content (AvgIpc) is 2.76. The summed E-state index contributed by atoms with van der Waals surface area (Å²) < 4.78 is 0. The summed E-state index contributed by atoms with van der Waals surface area (Å²) in [6.07, 6.45) is 0.985. The fourth-order valence-electron chi connectivity index (χ4n) is 1.62. The number of nitrogens with zero attached hydrogens (tertiary/aromatic N) is 1. The maximum absolute atomic E-state index is 11.9. The van der Waals surface area contributed by atoms with Gasteiger partial charge in [-0.2, -0.15) is 0 Å². The molecule has 1 saturated heterocycles. The highest BCUT2D eigenvalue weighted by Crippen LogP contribution is 2.21. The number of carboxylic acid groups (broad SMARTS) is 1. The first-order valence-electron chi connectivity index (χ1n) is 5.85. The van der Waals surface area contributed by atoms with Crippen molar-refractivity contribution in [2.75, 3.05) is 11.6 Å². The van der Waals surface area contributed by atoms with E-state index in [1.807, 2.05) is 6.92 Å². The third kappa shape index (κ3) is 3.52. The Labute approximate surface area is 106 Å². The number of nitrogens with one attached hydrogen (secondary N) is 1. The highest BCUT2D eigenvalue weighted by molar-refractivity contribution is 7.99. The number of urea groups is 1. The van der Waals surface area contributed by atoms with Crippen molar-refractivity contribution in [3.63, 3.8) is 0 Å². The second kappa shape index (κ2) is 6.14. The molecule has 0 spiro atoms. The highest BCUT2D eigenvalue weighted by Gasteiger charge is 2.35. The largest absolute Gasteiger partial charge is 0.480 e. The van der Waals surface area contributed by atoms with Gasteiger partial charge in [0, 0.05) is 11.8 Å². The van der Waals surface area contributed by atoms with Crippen LogP contribution in [0.4, 0.5) is 4.79 Å². The Morgan fingerprint density at radius 2 is 2.18 bits per heavy atom. The minimum atomic E-state index is -0.929. The van der Waals surface area contributed by atoms with Gasteiger partial charge in [0.05, 0.1) is 5.88 Å². The van der Waals surface area contributed by atoms with E-state index in [0.29, 0.717) is 17.5 Å². The van der Waals surface area contributed by atoms with Crippen molar-refractivity contribution in [3.05, 3.63) is 0 Å². The number of amides is 2. The smallest absolute Gasteiger partial charge is 0.327 e. The van der Waals surface area contributed by atoms with Crippen molar-refractivity contribution in [2.45, 2.75) is 39.3 Å². The van der Waals surface area contributed by atoms with Gasteiger partial charge in [0.1, 0.15) is 6.04 Å². The first kappa shape index (κ1) is 14.2. The maximum Gasteiger partial charge on any atom is 0.327 e. The molecule has 0 aromatic rings. The SMILES string of the molecule is CCC(C)C(C)NC(=O)N1CSCC1C(=O)O. The van der Waals surface area contributed by atoms with Crippen LogP contribution in [-0.2, 0) is 4.79 Å². The fourth-order valence-corrected chi connectivity index (χ4v) is 2.77. The number of hydrogen-bond acceptors (Lipinski definition) is 3. The lowest BCUT2D eigenvalue weighted by atomic mass is 10.0. The van der Waals surface area contributed by atoms with Gasteiger partial charge in [-0.3, -0.25) is 0 Å². The van der Waals surface area contributed by atoms with Gasteiger partial charge >= 0.3 is 12.0 Å². The third-order valence-electron chi connectivity index (χ3n) is 3.28. The molecule has 3 unspecified atom stereocenters. The number of aliphatic carboxylic acids is 1. The first-order valence-corrected chi connectivity index (χ1v) is 7.00. The Hall–Kier alpha value is -0.910. The summed E-state index contributed by atoms with van der Waals surface area (Å²) in [6.45, 7) is 6.09. The Morgan fingerprint density at radius 3 is 2.71 bits per heavy atom. The molecule has 0 bridgehead atoms. The van der Waals surface area contributed by atoms with Crippen LogP contribution < -0.4 is 5.32 Å². The number of thioether (sulfide) groups is 1. The molecule has 0 aromatic heterocycles. The summed E-state index contributed by atoms with van der Waals surface area (Å²) in [5.74, 6) is 0.384. The maximum atomic E-state index is 11.9. The predicted molar refractivity (Wildman–Crippen MR) is 68.0 cm³/mol. The number of carboxylic acids is 1. The van der Waals surface area contributed by atoms with Crippen LogP contribution in [0.3, 0.4) is 0 Å². The second-order valence-corrected chi connectivity index (χ2v) is 5.45. The van der Waals surface area contributed by atoms with Gasteiger partial charge in [-0.05, 0) is 12.8 Å². The van der Waals surface area contributed by atoms with Crippen molar-refractivity contribution in [1.29, 1.82) is 0 Å². The van der Waals surface area contributed by atoms with Gasteiger partial charge in [0.25, 0.3) is 0 Å². The normalized spacial score (nSPS) is 23.2. The Bertz CT molecular complexity index is 298. The van der Waals surface area contributed by atoms with Crippen molar-refractivity contribution < 1.29 is 14.7 Å². The average molecular weight is 260 g/mol. The van der Waals surface area contributed by atoms with E-state index >= 15 is 0 Å². The van der Waals surface area contributed by atoms with E-state index in [-0.39, 0.29) is 12.1 Å². The summed E-state index contributed by atoms with van der Waals surface area (Å²) in [7, 11) is 0. The molecule has 3 atom stereocenters. The molecule has 1 fully saturated rings. The van der Waals surface area contributed by atoms with Crippen LogP contribution in [-0.4, -0.2) is 45.7 Å². The van der Waals surface area contributed by atoms with Crippen LogP contribution in [0.1, 0.15) is 27.2 Å². The molecule has 0 aliphatic carbocycles. The lowest BCUT2D eigenvalue weighted by molar-refractivity contribution is -0.140. The quantitative estimate of drug-likeness (QED) is 0.805. The van der Waals surface area contributed by atoms with Crippen LogP contribution in [0.15, 0.2) is 0 Å². The summed E-state index contributed by atoms with van der Waals surface area (Å²) >= 11 is 1.47. The second-order valence-electron chi connectivity index (χ2n) is 4.45. The molecule has 6 heteroatoms. The van der Waals surface area contributed by atoms with Gasteiger partial charge in [-0.15, -0.1) is 11.8 Å². The predicted octanol–water partition coefficient (Wildman–Crippen LogP) is 1.59. The minimum absolute atomic E-state index is 0.0625. The van der Waals surface area contributed by atoms with Crippen LogP contribution in [0.2, 0.25) is 0 Å². The lowest BCUT2D eigenvalue weighted by Crippen LogP contribution is -2.50. The molecule has 2 N–H and O–H groups in total. The molecule has 17 heavy (non-hydrogen) atoms. The first-order chi connectivity index (χ1) is 7.97. The van der Waals surface area contributed by atoms with Gasteiger partial charge in [-0.25, -0.2) is 9.59 Å². The molecule has 0 radical (unpaired) electrons. The number of carbonyl (C=O) groups excluding carboxylic acids is 1. The van der Waals surface area contributed by atoms with Gasteiger partial charge in [0.15, 0.2) is 0 Å². The highest BCUT2D eigenvalue weighted by atomic mass is 32.2. The Morgan fingerprint density at radius 1 is 1.53 bits per heavy atom. The third-order valence-corrected chi connectivity index (χ3v) is 4.29. The zero-order valence-electron chi connectivity index (χ0n) is 10.5. The van der Waals surface area contributed by atoms with Gasteiger partial charge < -0.3 is 15.3 Å². The standard InChI is InChI=1S/C11H20N2O3S/c1-4-7(2)8(3)12-11(16)13-6-17-5-9(13)10(14)15/h7-9H,4-6H2,1-3H3,(H,12,16)(H,14,15). The van der Waals surface area contributed by atoms with E-state index in [9.17, 15) is 9.59 Å². The molecular formula is C11H20N2O3S. The van der Waals surface area contributed by atoms with Gasteiger partial charge in [0.2, 0.25) is 0 Å². The molecule has 0 saturated carbocycles. The van der Waals surface area contributed by atoms with E-state index in [1.165, 1.54) is 16.7 Å². The molecule has 1 aliphatic heterocycles. The number of hydrogen-bond donors (Lipinski definition) is 2. The zero-order valence-corrected chi connectivity index (χ0v) is 11.3. The van der Waals surface area contributed by atoms with E-state index in [1.54, 1.807) is 0 Å². The monoisotopic (exact) mass is 260 g/mol. The van der Waals surface area contributed by atoms with E-state index < -0.39 is 12.0 Å². The molecule has 1 rings (SSSR count). The van der Waals surface area contributed by atoms with Crippen LogP contribution in [0.5, 0.6) is 0 Å². The minimum Gasteiger partial charge on any atom is -0.480 e. The number of rotatable bonds is 4. The van der Waals surface area contributed by atoms with Crippen molar-refractivity contribution >= 4 is 23.8 Å². The zero-order chi connectivity index (χ0) is 13.0. The van der Waals surface area contributed by atoms with Crippen LogP contribution in [0, 0.1) is 5.92 Å². The molecule has 1 heterocycles. The molecule has 5 nitrogen and oxygen atoms in total. The van der Waals surface area contributed by atoms with Crippen LogP contribution in [0.25, 0.3) is 0 Å². The summed E-state index contributed by atoms with van der Waals surface area (Å²) in [5, 5.41) is 11.9. The molecular weight excluding hydrogens is 240 g/mol. The lowest BCUT2D eigenvalue weighted by Gasteiger charge is -2.26. The van der Waals surface area contributed by atoms with Crippen molar-refractivity contribution in [2.24, 2.45) is 5.92 Å². The van der Waals surface area contributed by atoms with Crippen molar-refractivity contribution in [3.8, 4) is 0 Å². The molecule has 0 aromatic carbocycles. The van der Waals surface area contributed by atoms with Crippen LogP contribution >= 0.6 is 11.8 Å². The number of carbonyl (C=O) groups is 2. The van der Waals surface area contributed by atoms with Gasteiger partial charge in [-0.1, -0.05) is 20.3 Å². The van der Waals surface area contributed by atoms with E-state index in [0.717, 1.165) is 6.42 Å². The topological polar surface area (TPSA) is 69.6 Å². The Balaban J connectivity index is 2.55.